The summed E-state index contributed by atoms with van der Waals surface area (Å²) in [7, 11) is 1.98. The van der Waals surface area contributed by atoms with Gasteiger partial charge in [-0.1, -0.05) is 6.92 Å². The van der Waals surface area contributed by atoms with Gasteiger partial charge in [0, 0.05) is 0 Å². The van der Waals surface area contributed by atoms with Crippen molar-refractivity contribution in [2.45, 2.75) is 26.3 Å². The highest BCUT2D eigenvalue weighted by molar-refractivity contribution is 7.08. The van der Waals surface area contributed by atoms with Crippen molar-refractivity contribution in [3.8, 4) is 0 Å². The van der Waals surface area contributed by atoms with Crippen LogP contribution in [0.2, 0.25) is 0 Å². The minimum Gasteiger partial charge on any atom is -0.309 e. The standard InChI is InChI=1S/C13H17N3S/c1-4-12-11(7-9(2)15-16-12)13(14-3)10-5-6-17-8-10/h5-8,13-14H,4H2,1-3H3. The highest BCUT2D eigenvalue weighted by Gasteiger charge is 2.17. The molecule has 2 aromatic heterocycles. The first kappa shape index (κ1) is 12.2. The number of hydrogen-bond acceptors (Lipinski definition) is 4. The van der Waals surface area contributed by atoms with Crippen molar-refractivity contribution in [2.75, 3.05) is 7.05 Å². The van der Waals surface area contributed by atoms with Gasteiger partial charge in [0.25, 0.3) is 0 Å². The molecule has 1 atom stereocenters. The van der Waals surface area contributed by atoms with E-state index in [9.17, 15) is 0 Å². The lowest BCUT2D eigenvalue weighted by Gasteiger charge is -2.18. The van der Waals surface area contributed by atoms with Crippen molar-refractivity contribution >= 4 is 11.3 Å². The number of thiophene rings is 1. The Labute approximate surface area is 106 Å². The smallest absolute Gasteiger partial charge is 0.0679 e. The van der Waals surface area contributed by atoms with Gasteiger partial charge in [0.15, 0.2) is 0 Å². The molecule has 0 bridgehead atoms. The summed E-state index contributed by atoms with van der Waals surface area (Å²) in [6, 6.07) is 4.50. The van der Waals surface area contributed by atoms with Gasteiger partial charge in [-0.3, -0.25) is 0 Å². The first-order chi connectivity index (χ1) is 8.26. The lowest BCUT2D eigenvalue weighted by Crippen LogP contribution is -2.19. The summed E-state index contributed by atoms with van der Waals surface area (Å²) in [5.41, 5.74) is 4.56. The fourth-order valence-corrected chi connectivity index (χ4v) is 2.69. The molecule has 0 aliphatic heterocycles. The van der Waals surface area contributed by atoms with Crippen LogP contribution in [-0.2, 0) is 6.42 Å². The molecule has 0 aliphatic rings. The lowest BCUT2D eigenvalue weighted by molar-refractivity contribution is 0.671. The van der Waals surface area contributed by atoms with Crippen LogP contribution in [0.1, 0.15) is 35.5 Å². The lowest BCUT2D eigenvalue weighted by atomic mass is 9.99. The van der Waals surface area contributed by atoms with E-state index in [0.29, 0.717) is 0 Å². The second-order valence-electron chi connectivity index (χ2n) is 4.02. The van der Waals surface area contributed by atoms with E-state index in [2.05, 4.69) is 45.3 Å². The summed E-state index contributed by atoms with van der Waals surface area (Å²) < 4.78 is 0. The number of nitrogens with one attached hydrogen (secondary N) is 1. The van der Waals surface area contributed by atoms with E-state index in [1.165, 1.54) is 11.1 Å². The second-order valence-corrected chi connectivity index (χ2v) is 4.80. The van der Waals surface area contributed by atoms with Crippen molar-refractivity contribution in [3.05, 3.63) is 45.4 Å². The zero-order valence-corrected chi connectivity index (χ0v) is 11.2. The molecule has 0 amide bonds. The van der Waals surface area contributed by atoms with Crippen LogP contribution in [0.25, 0.3) is 0 Å². The Hall–Kier alpha value is -1.26. The third-order valence-electron chi connectivity index (χ3n) is 2.84. The van der Waals surface area contributed by atoms with Gasteiger partial charge in [-0.05, 0) is 54.4 Å². The average Bonchev–Trinajstić information content (AvgIpc) is 2.84. The van der Waals surface area contributed by atoms with Crippen molar-refractivity contribution in [3.63, 3.8) is 0 Å². The van der Waals surface area contributed by atoms with Crippen LogP contribution < -0.4 is 5.32 Å². The van der Waals surface area contributed by atoms with Gasteiger partial charge < -0.3 is 5.32 Å². The Kier molecular flexibility index (Phi) is 3.86. The molecule has 1 unspecified atom stereocenters. The van der Waals surface area contributed by atoms with Gasteiger partial charge in [-0.2, -0.15) is 21.5 Å². The molecule has 0 aromatic carbocycles. The van der Waals surface area contributed by atoms with E-state index in [1.54, 1.807) is 11.3 Å². The van der Waals surface area contributed by atoms with E-state index in [0.717, 1.165) is 17.8 Å². The molecule has 3 nitrogen and oxygen atoms in total. The molecule has 2 rings (SSSR count). The molecule has 2 aromatic rings. The maximum Gasteiger partial charge on any atom is 0.0679 e. The maximum absolute atomic E-state index is 4.29. The molecule has 0 spiro atoms. The third-order valence-corrected chi connectivity index (χ3v) is 3.54. The van der Waals surface area contributed by atoms with Gasteiger partial charge in [0.2, 0.25) is 0 Å². The summed E-state index contributed by atoms with van der Waals surface area (Å²) in [4.78, 5) is 0. The van der Waals surface area contributed by atoms with Gasteiger partial charge in [-0.25, -0.2) is 0 Å². The Morgan fingerprint density at radius 2 is 2.24 bits per heavy atom. The summed E-state index contributed by atoms with van der Waals surface area (Å²) in [6.45, 7) is 4.10. The topological polar surface area (TPSA) is 37.8 Å². The van der Waals surface area contributed by atoms with Gasteiger partial charge in [-0.15, -0.1) is 0 Å². The molecule has 0 saturated heterocycles. The van der Waals surface area contributed by atoms with Crippen LogP contribution in [0.4, 0.5) is 0 Å². The number of rotatable bonds is 4. The molecule has 90 valence electrons. The Bertz CT molecular complexity index is 479. The van der Waals surface area contributed by atoms with Crippen molar-refractivity contribution in [1.82, 2.24) is 15.5 Å². The van der Waals surface area contributed by atoms with Crippen LogP contribution in [0.5, 0.6) is 0 Å². The monoisotopic (exact) mass is 247 g/mol. The maximum atomic E-state index is 4.29. The van der Waals surface area contributed by atoms with Crippen molar-refractivity contribution in [1.29, 1.82) is 0 Å². The van der Waals surface area contributed by atoms with E-state index < -0.39 is 0 Å². The second kappa shape index (κ2) is 5.38. The van der Waals surface area contributed by atoms with Gasteiger partial charge in [0.05, 0.1) is 17.4 Å². The van der Waals surface area contributed by atoms with Crippen LogP contribution in [0.3, 0.4) is 0 Å². The fraction of sp³-hybridized carbons (Fsp3) is 0.385. The molecular formula is C13H17N3S. The molecule has 17 heavy (non-hydrogen) atoms. The Morgan fingerprint density at radius 3 is 2.82 bits per heavy atom. The summed E-state index contributed by atoms with van der Waals surface area (Å²) in [6.07, 6.45) is 0.908. The first-order valence-corrected chi connectivity index (χ1v) is 6.73. The van der Waals surface area contributed by atoms with Crippen LogP contribution in [-0.4, -0.2) is 17.2 Å². The summed E-state index contributed by atoms with van der Waals surface area (Å²) in [5, 5.41) is 16.1. The van der Waals surface area contributed by atoms with Crippen LogP contribution >= 0.6 is 11.3 Å². The van der Waals surface area contributed by atoms with Crippen LogP contribution in [0, 0.1) is 6.92 Å². The quantitative estimate of drug-likeness (QED) is 0.902. The molecule has 2 heterocycles. The van der Waals surface area contributed by atoms with E-state index >= 15 is 0 Å². The highest BCUT2D eigenvalue weighted by Crippen LogP contribution is 2.26. The minimum absolute atomic E-state index is 0.213. The Balaban J connectivity index is 2.46. The van der Waals surface area contributed by atoms with Crippen molar-refractivity contribution in [2.24, 2.45) is 0 Å². The number of aryl methyl sites for hydroxylation is 2. The summed E-state index contributed by atoms with van der Waals surface area (Å²) in [5.74, 6) is 0. The largest absolute Gasteiger partial charge is 0.309 e. The third kappa shape index (κ3) is 2.53. The predicted octanol–water partition coefficient (Wildman–Crippen LogP) is 2.72. The number of nitrogens with zero attached hydrogens (tertiary/aromatic N) is 2. The number of hydrogen-bond donors (Lipinski definition) is 1. The SMILES string of the molecule is CCc1nnc(C)cc1C(NC)c1ccsc1. The highest BCUT2D eigenvalue weighted by atomic mass is 32.1. The van der Waals surface area contributed by atoms with E-state index in [-0.39, 0.29) is 6.04 Å². The Morgan fingerprint density at radius 1 is 1.41 bits per heavy atom. The zero-order chi connectivity index (χ0) is 12.3. The van der Waals surface area contributed by atoms with Crippen LogP contribution in [0.15, 0.2) is 22.9 Å². The molecule has 0 saturated carbocycles. The minimum atomic E-state index is 0.213. The fourth-order valence-electron chi connectivity index (χ4n) is 2.00. The van der Waals surface area contributed by atoms with E-state index in [1.807, 2.05) is 14.0 Å². The molecule has 4 heteroatoms. The number of aromatic nitrogens is 2. The van der Waals surface area contributed by atoms with Gasteiger partial charge in [0.1, 0.15) is 0 Å². The molecular weight excluding hydrogens is 230 g/mol. The normalized spacial score (nSPS) is 12.6. The molecule has 0 fully saturated rings. The molecule has 1 N–H and O–H groups in total. The predicted molar refractivity (Wildman–Crippen MR) is 71.4 cm³/mol. The average molecular weight is 247 g/mol. The summed E-state index contributed by atoms with van der Waals surface area (Å²) >= 11 is 1.72. The van der Waals surface area contributed by atoms with Gasteiger partial charge >= 0.3 is 0 Å². The molecule has 0 aliphatic carbocycles. The van der Waals surface area contributed by atoms with E-state index in [4.69, 9.17) is 0 Å². The van der Waals surface area contributed by atoms with Crippen molar-refractivity contribution < 1.29 is 0 Å². The zero-order valence-electron chi connectivity index (χ0n) is 10.4. The first-order valence-electron chi connectivity index (χ1n) is 5.78. The molecule has 0 radical (unpaired) electrons.